The summed E-state index contributed by atoms with van der Waals surface area (Å²) in [5, 5.41) is 6.79. The van der Waals surface area contributed by atoms with E-state index >= 15 is 0 Å². The number of ether oxygens (including phenoxy) is 1. The zero-order valence-corrected chi connectivity index (χ0v) is 19.0. The molecule has 1 aliphatic carbocycles. The summed E-state index contributed by atoms with van der Waals surface area (Å²) in [5.74, 6) is -0.876. The van der Waals surface area contributed by atoms with Crippen molar-refractivity contribution in [1.29, 1.82) is 0 Å². The lowest BCUT2D eigenvalue weighted by Crippen LogP contribution is -2.39. The summed E-state index contributed by atoms with van der Waals surface area (Å²) >= 11 is 6.09. The first kappa shape index (κ1) is 23.6. The van der Waals surface area contributed by atoms with Crippen molar-refractivity contribution < 1.29 is 22.7 Å². The Morgan fingerprint density at radius 3 is 2.53 bits per heavy atom. The molecule has 1 amide bonds. The van der Waals surface area contributed by atoms with Gasteiger partial charge in [0.1, 0.15) is 0 Å². The maximum Gasteiger partial charge on any atom is 0.335 e. The number of esters is 1. The molecule has 0 aromatic heterocycles. The van der Waals surface area contributed by atoms with Gasteiger partial charge in [0, 0.05) is 22.0 Å². The Bertz CT molecular complexity index is 1090. The van der Waals surface area contributed by atoms with E-state index in [1.54, 1.807) is 19.1 Å². The second-order valence-electron chi connectivity index (χ2n) is 7.11. The highest BCUT2D eigenvalue weighted by Crippen LogP contribution is 2.28. The molecule has 1 atom stereocenters. The zero-order valence-electron chi connectivity index (χ0n) is 17.4. The van der Waals surface area contributed by atoms with Gasteiger partial charge in [0.2, 0.25) is 10.9 Å². The van der Waals surface area contributed by atoms with E-state index < -0.39 is 22.8 Å². The predicted molar refractivity (Wildman–Crippen MR) is 124 cm³/mol. The molecule has 0 saturated carbocycles. The quantitative estimate of drug-likeness (QED) is 0.342. The summed E-state index contributed by atoms with van der Waals surface area (Å²) in [6.07, 6.45) is 1.94. The number of benzene rings is 2. The third-order valence-electron chi connectivity index (χ3n) is 4.90. The molecular weight excluding hydrogens is 454 g/mol. The van der Waals surface area contributed by atoms with Gasteiger partial charge >= 0.3 is 5.97 Å². The van der Waals surface area contributed by atoms with E-state index in [1.165, 1.54) is 24.3 Å². The minimum atomic E-state index is -2.79. The average Bonchev–Trinajstić information content (AvgIpc) is 2.75. The molecule has 1 unspecified atom stereocenters. The largest absolute Gasteiger partial charge is 0.463 e. The number of anilines is 2. The van der Waals surface area contributed by atoms with Crippen LogP contribution in [0.15, 0.2) is 59.8 Å². The molecule has 8 nitrogen and oxygen atoms in total. The van der Waals surface area contributed by atoms with Crippen molar-refractivity contribution in [3.05, 3.63) is 70.4 Å². The molecule has 170 valence electrons. The summed E-state index contributed by atoms with van der Waals surface area (Å²) in [6.45, 7) is 1.96. The normalized spacial score (nSPS) is 15.9. The Labute approximate surface area is 193 Å². The zero-order chi connectivity index (χ0) is 23.1. The van der Waals surface area contributed by atoms with E-state index in [0.29, 0.717) is 40.4 Å². The van der Waals surface area contributed by atoms with Crippen LogP contribution in [-0.4, -0.2) is 32.9 Å². The van der Waals surface area contributed by atoms with Gasteiger partial charge in [0.05, 0.1) is 23.9 Å². The van der Waals surface area contributed by atoms with Crippen LogP contribution >= 0.6 is 11.6 Å². The van der Waals surface area contributed by atoms with Crippen LogP contribution in [0.5, 0.6) is 0 Å². The Kier molecular flexibility index (Phi) is 8.13. The van der Waals surface area contributed by atoms with Crippen molar-refractivity contribution in [2.75, 3.05) is 16.6 Å². The van der Waals surface area contributed by atoms with E-state index in [4.69, 9.17) is 16.3 Å². The molecule has 0 heterocycles. The Balaban J connectivity index is 1.88. The molecular formula is C22H24ClN3O5S. The van der Waals surface area contributed by atoms with Crippen LogP contribution in [0.2, 0.25) is 5.02 Å². The molecule has 1 aliphatic rings. The van der Waals surface area contributed by atoms with Gasteiger partial charge in [-0.1, -0.05) is 17.7 Å². The van der Waals surface area contributed by atoms with Crippen molar-refractivity contribution in [1.82, 2.24) is 5.32 Å². The molecule has 2 aromatic rings. The molecule has 32 heavy (non-hydrogen) atoms. The number of carbonyl (C=O) groups is 2. The minimum Gasteiger partial charge on any atom is -0.463 e. The van der Waals surface area contributed by atoms with Crippen molar-refractivity contribution in [3.63, 3.8) is 0 Å². The Hall–Kier alpha value is -3.04. The second-order valence-corrected chi connectivity index (χ2v) is 8.29. The minimum absolute atomic E-state index is 0.229. The molecule has 0 spiro atoms. The summed E-state index contributed by atoms with van der Waals surface area (Å²) in [6, 6.07) is 12.9. The third-order valence-corrected chi connectivity index (χ3v) is 5.57. The Morgan fingerprint density at radius 2 is 1.88 bits per heavy atom. The number of nitrogens with one attached hydrogen (secondary N) is 3. The number of halogens is 1. The van der Waals surface area contributed by atoms with E-state index in [1.807, 2.05) is 12.1 Å². The first-order chi connectivity index (χ1) is 15.4. The van der Waals surface area contributed by atoms with Crippen LogP contribution in [0, 0.1) is 0 Å². The Morgan fingerprint density at radius 1 is 1.12 bits per heavy atom. The number of thiol groups is 1. The van der Waals surface area contributed by atoms with Crippen LogP contribution in [0.3, 0.4) is 0 Å². The number of carbonyl (C=O) groups excluding carboxylic acids is 2. The molecule has 2 aromatic carbocycles. The molecule has 3 rings (SSSR count). The number of rotatable bonds is 8. The molecule has 0 radical (unpaired) electrons. The number of amides is 1. The van der Waals surface area contributed by atoms with Crippen molar-refractivity contribution in [2.45, 2.75) is 32.2 Å². The first-order valence-electron chi connectivity index (χ1n) is 10.1. The summed E-state index contributed by atoms with van der Waals surface area (Å²) < 4.78 is 29.0. The maximum absolute atomic E-state index is 12.9. The predicted octanol–water partition coefficient (Wildman–Crippen LogP) is 3.49. The van der Waals surface area contributed by atoms with E-state index in [9.17, 15) is 18.0 Å². The number of hydrogen-bond donors (Lipinski definition) is 4. The van der Waals surface area contributed by atoms with Crippen molar-refractivity contribution >= 4 is 45.7 Å². The van der Waals surface area contributed by atoms with Gasteiger partial charge in [-0.3, -0.25) is 9.52 Å². The topological polar surface area (TPSA) is 114 Å². The second kappa shape index (κ2) is 11.0. The smallest absolute Gasteiger partial charge is 0.335 e. The number of hydrogen-bond acceptors (Lipinski definition) is 6. The third kappa shape index (κ3) is 6.24. The standard InChI is InChI=1S/C22H24ClN3O5S/c1-2-31-22(28)18-7-4-8-19(24-17-6-3-5-15(23)13-17)20(18)25-21(27)14-9-11-16(12-10-14)26-32(29)30/h3,5-6,9-13,19,24,32H,2,4,7-8H2,1H3,(H,25,27)(H,26,29,30). The molecule has 0 bridgehead atoms. The van der Waals surface area contributed by atoms with Gasteiger partial charge < -0.3 is 15.4 Å². The van der Waals surface area contributed by atoms with Crippen LogP contribution in [0.25, 0.3) is 0 Å². The van der Waals surface area contributed by atoms with Crippen LogP contribution < -0.4 is 15.4 Å². The monoisotopic (exact) mass is 477 g/mol. The van der Waals surface area contributed by atoms with E-state index in [0.717, 1.165) is 12.1 Å². The fourth-order valence-electron chi connectivity index (χ4n) is 3.48. The van der Waals surface area contributed by atoms with Gasteiger partial charge in [0.15, 0.2) is 0 Å². The van der Waals surface area contributed by atoms with Crippen LogP contribution in [0.1, 0.15) is 36.5 Å². The van der Waals surface area contributed by atoms with Crippen molar-refractivity contribution in [3.8, 4) is 0 Å². The average molecular weight is 478 g/mol. The molecule has 0 aliphatic heterocycles. The van der Waals surface area contributed by atoms with Crippen LogP contribution in [-0.2, 0) is 20.4 Å². The van der Waals surface area contributed by atoms with E-state index in [-0.39, 0.29) is 12.6 Å². The lowest BCUT2D eigenvalue weighted by molar-refractivity contribution is -0.138. The van der Waals surface area contributed by atoms with Gasteiger partial charge in [0.25, 0.3) is 5.91 Å². The lowest BCUT2D eigenvalue weighted by Gasteiger charge is -2.30. The highest BCUT2D eigenvalue weighted by atomic mass is 35.5. The van der Waals surface area contributed by atoms with E-state index in [2.05, 4.69) is 15.4 Å². The van der Waals surface area contributed by atoms with Gasteiger partial charge in [-0.2, -0.15) is 0 Å². The fourth-order valence-corrected chi connectivity index (χ4v) is 4.04. The first-order valence-corrected chi connectivity index (χ1v) is 11.7. The van der Waals surface area contributed by atoms with Crippen molar-refractivity contribution in [2.24, 2.45) is 0 Å². The molecule has 0 fully saturated rings. The van der Waals surface area contributed by atoms with Crippen LogP contribution in [0.4, 0.5) is 11.4 Å². The van der Waals surface area contributed by atoms with Gasteiger partial charge in [-0.25, -0.2) is 13.2 Å². The fraction of sp³-hybridized carbons (Fsp3) is 0.273. The molecule has 3 N–H and O–H groups in total. The SMILES string of the molecule is CCOC(=O)C1=C(NC(=O)c2ccc(N[SH](=O)=O)cc2)C(Nc2cccc(Cl)c2)CCC1. The summed E-state index contributed by atoms with van der Waals surface area (Å²) in [4.78, 5) is 25.5. The van der Waals surface area contributed by atoms with Gasteiger partial charge in [-0.15, -0.1) is 0 Å². The maximum atomic E-state index is 12.9. The summed E-state index contributed by atoms with van der Waals surface area (Å²) in [5.41, 5.74) is 2.32. The highest BCUT2D eigenvalue weighted by molar-refractivity contribution is 7.73. The van der Waals surface area contributed by atoms with Gasteiger partial charge in [-0.05, 0) is 68.7 Å². The molecule has 10 heteroatoms. The lowest BCUT2D eigenvalue weighted by atomic mass is 9.91. The molecule has 0 saturated heterocycles. The summed E-state index contributed by atoms with van der Waals surface area (Å²) in [7, 11) is -2.79. The highest BCUT2D eigenvalue weighted by Gasteiger charge is 2.29.